The molecule has 4 saturated heterocycles. The molecule has 2 amide bonds. The molecule has 12 aliphatic heterocycles. The number of nitriles is 2. The van der Waals surface area contributed by atoms with Crippen molar-refractivity contribution < 1.29 is 111 Å². The number of aromatic hydroxyl groups is 2. The first-order valence-electron chi connectivity index (χ1n) is 43.6. The van der Waals surface area contributed by atoms with Gasteiger partial charge >= 0.3 is 36.1 Å². The van der Waals surface area contributed by atoms with Crippen LogP contribution in [0.1, 0.15) is 158 Å². The van der Waals surface area contributed by atoms with Crippen molar-refractivity contribution in [2.75, 3.05) is 92.9 Å². The van der Waals surface area contributed by atoms with Crippen LogP contribution in [0.3, 0.4) is 0 Å². The van der Waals surface area contributed by atoms with Gasteiger partial charge in [0, 0.05) is 148 Å². The molecule has 0 aliphatic carbocycles. The van der Waals surface area contributed by atoms with E-state index in [1.165, 1.54) is 74.7 Å². The number of esters is 4. The molecule has 20 rings (SSSR count). The van der Waals surface area contributed by atoms with Crippen LogP contribution in [0, 0.1) is 64.2 Å². The van der Waals surface area contributed by atoms with Crippen molar-refractivity contribution in [2.24, 2.45) is 5.73 Å². The van der Waals surface area contributed by atoms with Gasteiger partial charge in [0.25, 0.3) is 5.97 Å². The summed E-state index contributed by atoms with van der Waals surface area (Å²) in [7, 11) is 6.97. The summed E-state index contributed by atoms with van der Waals surface area (Å²) < 4.78 is 70.1. The van der Waals surface area contributed by atoms with Gasteiger partial charge in [-0.2, -0.15) is 10.5 Å². The number of aromatic nitrogens is 2. The van der Waals surface area contributed by atoms with Crippen LogP contribution >= 0.6 is 23.5 Å². The number of alkyl carbamates (subject to hydrolysis) is 2. The number of fused-ring (bicyclic) bond motifs is 21. The third-order valence-corrected chi connectivity index (χ3v) is 29.5. The molecule has 8 aromatic rings. The number of aromatic amines is 2. The first-order chi connectivity index (χ1) is 63.7. The number of aryl methyl sites for hydroxylation is 4. The van der Waals surface area contributed by atoms with E-state index in [2.05, 4.69) is 102 Å². The number of phenols is 2. The van der Waals surface area contributed by atoms with Gasteiger partial charge in [0.05, 0.1) is 72.5 Å². The lowest BCUT2D eigenvalue weighted by Gasteiger charge is -2.62. The van der Waals surface area contributed by atoms with Crippen LogP contribution in [0.15, 0.2) is 80.0 Å². The first kappa shape index (κ1) is 95.9. The number of methoxy groups -OCH3 is 2. The highest BCUT2D eigenvalue weighted by Gasteiger charge is 2.65. The lowest BCUT2D eigenvalue weighted by molar-refractivity contribution is -0.158. The quantitative estimate of drug-likeness (QED) is 0.0160. The van der Waals surface area contributed by atoms with E-state index in [1.54, 1.807) is 6.92 Å². The molecule has 8 bridgehead atoms. The Kier molecular flexibility index (Phi) is 27.7. The van der Waals surface area contributed by atoms with Crippen molar-refractivity contribution in [3.05, 3.63) is 175 Å². The summed E-state index contributed by atoms with van der Waals surface area (Å²) in [5.41, 5.74) is 19.9. The summed E-state index contributed by atoms with van der Waals surface area (Å²) in [6.45, 7) is 22.5. The smallest absolute Gasteiger partial charge is 0.407 e. The van der Waals surface area contributed by atoms with Gasteiger partial charge in [-0.25, -0.2) is 19.2 Å². The second-order valence-electron chi connectivity index (χ2n) is 34.9. The maximum atomic E-state index is 15.4. The number of hydrogen-bond donors (Lipinski definition) is 9. The second kappa shape index (κ2) is 38.7. The summed E-state index contributed by atoms with van der Waals surface area (Å²) in [5.74, 6) is -1.10. The Balaban J connectivity index is 0.000000168. The molecular weight excluding hydrogens is 1770 g/mol. The van der Waals surface area contributed by atoms with Crippen LogP contribution in [0.4, 0.5) is 9.59 Å². The number of thioether (sulfide) groups is 2. The summed E-state index contributed by atoms with van der Waals surface area (Å²) in [5, 5.41) is 63.5. The third kappa shape index (κ3) is 16.9. The number of aliphatic carboxylic acids is 1. The predicted molar refractivity (Wildman–Crippen MR) is 494 cm³/mol. The highest BCUT2D eigenvalue weighted by molar-refractivity contribution is 8.00. The maximum absolute atomic E-state index is 15.4. The van der Waals surface area contributed by atoms with Crippen LogP contribution in [-0.4, -0.2) is 234 Å². The molecule has 708 valence electrons. The number of ketones is 1. The number of benzene rings is 6. The SMILES string of the molecule is C.C=CCOC(=O)NC[C@@H](N)Cc1c[nH]c2ccc(C)cc12.C=CCOC(=O)NC[C@@H]1Cc2c([nH]c3ccc(C)cc23)[C@@]2(CS[C@@H]3c4c(OC(C)=O)c(C)c5c(c4[C@H](COC2=O)N2[C@@H]3[C@H]3c4c(cc(C)c(OC)c4O)C[C@@H]([C@@H]2C#N)N3C)OCO5)N1.CC(=O)O.COc1c(C)cc2c(c1O)[C@@H]1[C@@H]3[C@@H]4SCC(=O)C(=O)OC[C@@H](c5c6c(c(C)c(OC(C)=O)c54)OCO6)N3[C@@H](C#N)[C@H](C2)N1C. The number of nitrogens with two attached hydrogens (primary N) is 1. The molecule has 0 saturated carbocycles. The summed E-state index contributed by atoms with van der Waals surface area (Å²) in [6.07, 6.45) is 6.01. The minimum absolute atomic E-state index is 0. The number of nitrogens with zero attached hydrogens (tertiary/aromatic N) is 6. The highest BCUT2D eigenvalue weighted by atomic mass is 32.2. The lowest BCUT2D eigenvalue weighted by atomic mass is 9.71. The number of amides is 2. The number of H-pyrrole nitrogens is 2. The molecule has 1 spiro atoms. The van der Waals surface area contributed by atoms with Crippen molar-refractivity contribution in [1.82, 2.24) is 45.5 Å². The first-order valence-corrected chi connectivity index (χ1v) is 45.7. The van der Waals surface area contributed by atoms with Gasteiger partial charge < -0.3 is 98.5 Å². The molecular formula is C97H110N12O23S2. The Labute approximate surface area is 782 Å². The number of cyclic esters (lactones) is 1. The number of hydrogen-bond acceptors (Lipinski definition) is 32. The zero-order valence-electron chi connectivity index (χ0n) is 75.8. The molecule has 2 aromatic heterocycles. The predicted octanol–water partition coefficient (Wildman–Crippen LogP) is 11.1. The normalized spacial score (nSPS) is 24.7. The number of carbonyl (C=O) groups is 8. The Morgan fingerprint density at radius 1 is 0.649 bits per heavy atom. The number of piperazine rings is 2. The minimum Gasteiger partial charge on any atom is -0.504 e. The van der Waals surface area contributed by atoms with Gasteiger partial charge in [-0.15, -0.1) is 23.5 Å². The number of phenolic OH excluding ortho intramolecular Hbond substituents is 2. The van der Waals surface area contributed by atoms with Gasteiger partial charge in [0.15, 0.2) is 51.5 Å². The monoisotopic (exact) mass is 1870 g/mol. The van der Waals surface area contributed by atoms with Crippen LogP contribution in [0.5, 0.6) is 57.5 Å². The van der Waals surface area contributed by atoms with E-state index in [0.29, 0.717) is 128 Å². The summed E-state index contributed by atoms with van der Waals surface area (Å²) in [6, 6.07) is 15.3. The van der Waals surface area contributed by atoms with E-state index >= 15 is 4.79 Å². The lowest BCUT2D eigenvalue weighted by Crippen LogP contribution is -2.69. The standard InChI is InChI=1S/C47H50N6O10S.C31H31N3O9S.C16H21N3O2.C2H4O2.CH4/c1-8-11-59-46(57)49-17-26-15-28-27-12-21(2)9-10-29(27)50-44(28)47(51-26)19-64-43-35-34(42-41(61-20-62-42)23(4)40(35)63-24(5)54)32(18-60-45(47)56)53-31(16-48)30-14-25-13-22(3)39(58-7)38(55)33(25)36(37(43)53)52(30)6;1-12-6-15-7-16-17(8-32)34-18-9-40-31(38)19(36)10-44-30(24(34)23(33(16)4)20(15)25(37)26(12)39-5)22-21(18)29-28(41-11-42-29)13(2)27(22)43-14(3)35;1-3-6-21-16(20)19-10-13(17)8-12-9-18-15-5-4-11(2)7-14(12)15;1-2(3)4;/h8-10,12-13,26,30-32,36-37,43,50-51,55H,1,11,14-15,17-20H2,2-7H3,(H,49,57);6,16-18,23-24,30,37H,7,9-11H2,1-5H3;3-5,7,9,13,18H,1,6,8,10,17H2,2H3,(H,19,20);1H3,(H,3,4);1H4/t26-,30-,31-,32-,36+,37+,43+,47+;16-,17-,18-,23+,24+,30+;13-;;/m000../s1. The van der Waals surface area contributed by atoms with E-state index in [9.17, 15) is 49.5 Å². The van der Waals surface area contributed by atoms with Crippen LogP contribution in [0.2, 0.25) is 0 Å². The Morgan fingerprint density at radius 3 is 1.63 bits per heavy atom. The topological polar surface area (TPSA) is 462 Å². The van der Waals surface area contributed by atoms with Crippen LogP contribution in [0.25, 0.3) is 21.8 Å². The Morgan fingerprint density at radius 2 is 1.13 bits per heavy atom. The third-order valence-electron chi connectivity index (χ3n) is 26.8. The molecule has 14 heterocycles. The molecule has 10 N–H and O–H groups in total. The molecule has 35 nitrogen and oxygen atoms in total. The fourth-order valence-electron chi connectivity index (χ4n) is 21.5. The van der Waals surface area contributed by atoms with Gasteiger partial charge in [0.1, 0.15) is 50.0 Å². The minimum atomic E-state index is -1.50. The van der Waals surface area contributed by atoms with Gasteiger partial charge in [-0.3, -0.25) is 44.1 Å². The molecule has 12 aliphatic rings. The number of carboxylic acid groups (broad SMARTS) is 1. The van der Waals surface area contributed by atoms with Crippen LogP contribution in [-0.2, 0) is 78.9 Å². The van der Waals surface area contributed by atoms with E-state index < -0.39 is 118 Å². The molecule has 4 fully saturated rings. The van der Waals surface area contributed by atoms with Crippen molar-refractivity contribution in [3.8, 4) is 69.6 Å². The summed E-state index contributed by atoms with van der Waals surface area (Å²) in [4.78, 5) is 115. The zero-order chi connectivity index (χ0) is 94.9. The van der Waals surface area contributed by atoms with Crippen molar-refractivity contribution in [3.63, 3.8) is 0 Å². The van der Waals surface area contributed by atoms with E-state index in [4.69, 9.17) is 72.5 Å². The number of rotatable bonds is 14. The van der Waals surface area contributed by atoms with Gasteiger partial charge in [-0.05, 0) is 139 Å². The van der Waals surface area contributed by atoms with E-state index in [1.807, 2.05) is 72.3 Å². The van der Waals surface area contributed by atoms with Crippen molar-refractivity contribution in [1.29, 1.82) is 10.5 Å². The number of Topliss-reactive ketones (excluding diaryl/α,β-unsaturated/α-hetero) is 1. The molecule has 0 unspecified atom stereocenters. The number of carbonyl (C=O) groups excluding carboxylic acids is 7. The largest absolute Gasteiger partial charge is 0.504 e. The fourth-order valence-corrected chi connectivity index (χ4v) is 24.5. The second-order valence-corrected chi connectivity index (χ2v) is 37.2. The number of carboxylic acids is 1. The molecule has 15 atom stereocenters. The van der Waals surface area contributed by atoms with Crippen LogP contribution < -0.4 is 59.6 Å². The highest BCUT2D eigenvalue weighted by Crippen LogP contribution is 2.68. The average Bonchev–Trinajstić information content (AvgIpc) is 0.979. The maximum Gasteiger partial charge on any atom is 0.407 e. The van der Waals surface area contributed by atoms with E-state index in [-0.39, 0.29) is 95.1 Å². The number of nitrogens with one attached hydrogen (secondary N) is 5. The Hall–Kier alpha value is -12.7. The molecule has 6 aromatic carbocycles. The summed E-state index contributed by atoms with van der Waals surface area (Å²) >= 11 is 2.69. The number of likely N-dealkylation sites (N-methyl/N-ethyl adjacent to an activating group) is 2. The van der Waals surface area contributed by atoms with E-state index in [0.717, 1.165) is 62.3 Å². The molecule has 134 heavy (non-hydrogen) atoms. The Bertz CT molecular complexity index is 6200. The number of ether oxygens (including phenoxy) is 12. The van der Waals surface area contributed by atoms with Crippen molar-refractivity contribution in [2.45, 2.75) is 184 Å². The zero-order valence-corrected chi connectivity index (χ0v) is 77.5. The molecule has 0 radical (unpaired) electrons. The average molecular weight is 1880 g/mol. The van der Waals surface area contributed by atoms with Gasteiger partial charge in [-0.1, -0.05) is 68.1 Å². The van der Waals surface area contributed by atoms with Gasteiger partial charge in [0.2, 0.25) is 19.4 Å². The van der Waals surface area contributed by atoms with Crippen molar-refractivity contribution >= 4 is 93.1 Å². The molecule has 37 heteroatoms. The fraction of sp³-hybridized carbons (Fsp3) is 0.443.